The molecule has 15 heavy (non-hydrogen) atoms. The molecule has 0 aromatic rings. The molecule has 0 aliphatic carbocycles. The van der Waals surface area contributed by atoms with E-state index in [-0.39, 0.29) is 31.4 Å². The van der Waals surface area contributed by atoms with Crippen molar-refractivity contribution in [1.29, 1.82) is 0 Å². The highest BCUT2D eigenvalue weighted by molar-refractivity contribution is 5.90. The van der Waals surface area contributed by atoms with E-state index in [1.165, 1.54) is 6.92 Å². The Labute approximate surface area is 90.2 Å². The molecule has 2 rings (SSSR count). The van der Waals surface area contributed by atoms with Gasteiger partial charge in [-0.3, -0.25) is 9.59 Å². The number of Topliss-reactive ketones (excluding diaryl/α,β-unsaturated/α-hetero) is 1. The molecular formula is C10H18N2O3. The van der Waals surface area contributed by atoms with E-state index in [9.17, 15) is 9.59 Å². The third-order valence-corrected chi connectivity index (χ3v) is 3.16. The summed E-state index contributed by atoms with van der Waals surface area (Å²) in [6, 6.07) is -0.583. The maximum absolute atomic E-state index is 12.0. The van der Waals surface area contributed by atoms with Crippen molar-refractivity contribution >= 4 is 11.7 Å². The lowest BCUT2D eigenvalue weighted by atomic mass is 10.1. The molecule has 5 nitrogen and oxygen atoms in total. The molecule has 5 heteroatoms. The highest BCUT2D eigenvalue weighted by atomic mass is 16.5. The summed E-state index contributed by atoms with van der Waals surface area (Å²) in [5.41, 5.74) is 0. The summed E-state index contributed by atoms with van der Waals surface area (Å²) in [6.45, 7) is 1.93. The number of amides is 1. The molecule has 0 bridgehead atoms. The van der Waals surface area contributed by atoms with Gasteiger partial charge in [0.15, 0.2) is 5.78 Å². The molecule has 2 fully saturated rings. The van der Waals surface area contributed by atoms with Crippen molar-refractivity contribution in [2.45, 2.75) is 38.1 Å². The van der Waals surface area contributed by atoms with Crippen molar-refractivity contribution in [3.63, 3.8) is 0 Å². The maximum atomic E-state index is 12.0. The minimum Gasteiger partial charge on any atom is -0.356 e. The second kappa shape index (κ2) is 3.90. The number of nitrogens with one attached hydrogen (secondary N) is 1. The van der Waals surface area contributed by atoms with Crippen molar-refractivity contribution < 1.29 is 15.8 Å². The van der Waals surface area contributed by atoms with Crippen LogP contribution < -0.4 is 5.32 Å². The molecule has 2 saturated heterocycles. The van der Waals surface area contributed by atoms with E-state index >= 15 is 0 Å². The fourth-order valence-corrected chi connectivity index (χ4v) is 2.30. The normalized spacial score (nSPS) is 35.5. The fraction of sp³-hybridized carbons (Fsp3) is 0.800. The lowest BCUT2D eigenvalue weighted by molar-refractivity contribution is -0.165. The van der Waals surface area contributed by atoms with Gasteiger partial charge >= 0.3 is 0 Å². The number of fused-ring (bicyclic) bond motifs is 1. The number of rotatable bonds is 2. The fourth-order valence-electron chi connectivity index (χ4n) is 2.30. The number of likely N-dealkylation sites (N-methyl/N-ethyl adjacent to an activating group) is 1. The topological polar surface area (TPSA) is 58.6 Å². The van der Waals surface area contributed by atoms with E-state index < -0.39 is 0 Å². The number of hydrogen-bond donors (Lipinski definition) is 1. The van der Waals surface area contributed by atoms with Crippen LogP contribution in [0.15, 0.2) is 0 Å². The quantitative estimate of drug-likeness (QED) is 0.689. The summed E-state index contributed by atoms with van der Waals surface area (Å²) in [5, 5.41) is 2.90. The van der Waals surface area contributed by atoms with Crippen LogP contribution in [0.2, 0.25) is 0 Å². The zero-order chi connectivity index (χ0) is 11.0. The number of hydrogen-bond acceptors (Lipinski definition) is 4. The Balaban J connectivity index is 0.00000128. The van der Waals surface area contributed by atoms with Gasteiger partial charge < -0.3 is 15.0 Å². The molecule has 86 valence electrons. The van der Waals surface area contributed by atoms with E-state index in [0.29, 0.717) is 6.61 Å². The maximum Gasteiger partial charge on any atom is 0.244 e. The van der Waals surface area contributed by atoms with Gasteiger partial charge in [-0.1, -0.05) is 0 Å². The molecule has 1 N–H and O–H groups in total. The molecule has 1 amide bonds. The van der Waals surface area contributed by atoms with Gasteiger partial charge in [0.05, 0.1) is 12.6 Å². The van der Waals surface area contributed by atoms with Crippen molar-refractivity contribution in [3.8, 4) is 0 Å². The molecule has 0 saturated carbocycles. The lowest BCUT2D eigenvalue weighted by Crippen LogP contribution is -2.58. The van der Waals surface area contributed by atoms with E-state index in [1.807, 2.05) is 0 Å². The lowest BCUT2D eigenvalue weighted by Gasteiger charge is -2.37. The Hall–Kier alpha value is -0.940. The number of ketones is 1. The second-order valence-electron chi connectivity index (χ2n) is 4.08. The molecule has 0 spiro atoms. The zero-order valence-corrected chi connectivity index (χ0v) is 9.03. The Bertz CT molecular complexity index is 298. The van der Waals surface area contributed by atoms with Gasteiger partial charge in [0.1, 0.15) is 12.3 Å². The summed E-state index contributed by atoms with van der Waals surface area (Å²) < 4.78 is 5.55. The zero-order valence-electron chi connectivity index (χ0n) is 9.03. The number of ether oxygens (including phenoxy) is 1. The number of nitrogens with zero attached hydrogens (tertiary/aromatic N) is 1. The van der Waals surface area contributed by atoms with Gasteiger partial charge in [-0.15, -0.1) is 0 Å². The molecule has 0 aromatic carbocycles. The first-order valence-corrected chi connectivity index (χ1v) is 5.26. The monoisotopic (exact) mass is 214 g/mol. The number of carbonyl (C=O) groups is 2. The van der Waals surface area contributed by atoms with Crippen molar-refractivity contribution in [2.24, 2.45) is 0 Å². The highest BCUT2D eigenvalue weighted by Crippen LogP contribution is 2.29. The summed E-state index contributed by atoms with van der Waals surface area (Å²) in [4.78, 5) is 25.0. The first-order valence-electron chi connectivity index (χ1n) is 5.26. The van der Waals surface area contributed by atoms with E-state index in [1.54, 1.807) is 11.9 Å². The van der Waals surface area contributed by atoms with Crippen LogP contribution in [0.4, 0.5) is 0 Å². The average Bonchev–Trinajstić information content (AvgIpc) is 2.63. The van der Waals surface area contributed by atoms with Gasteiger partial charge in [0, 0.05) is 1.43 Å². The third-order valence-electron chi connectivity index (χ3n) is 3.16. The summed E-state index contributed by atoms with van der Waals surface area (Å²) >= 11 is 0. The molecule has 0 aromatic heterocycles. The molecule has 2 aliphatic rings. The Morgan fingerprint density at radius 3 is 2.93 bits per heavy atom. The molecule has 2 aliphatic heterocycles. The van der Waals surface area contributed by atoms with Gasteiger partial charge in [-0.2, -0.15) is 0 Å². The van der Waals surface area contributed by atoms with Crippen molar-refractivity contribution in [3.05, 3.63) is 0 Å². The van der Waals surface area contributed by atoms with Crippen LogP contribution in [0.1, 0.15) is 21.2 Å². The third kappa shape index (κ3) is 1.66. The van der Waals surface area contributed by atoms with Crippen molar-refractivity contribution in [1.82, 2.24) is 10.2 Å². The average molecular weight is 214 g/mol. The Morgan fingerprint density at radius 2 is 2.33 bits per heavy atom. The number of carbonyl (C=O) groups excluding carboxylic acids is 2. The van der Waals surface area contributed by atoms with E-state index in [0.717, 1.165) is 12.8 Å². The van der Waals surface area contributed by atoms with Crippen LogP contribution >= 0.6 is 0 Å². The minimum absolute atomic E-state index is 0. The predicted molar refractivity (Wildman–Crippen MR) is 55.3 cm³/mol. The van der Waals surface area contributed by atoms with Crippen LogP contribution in [-0.2, 0) is 14.3 Å². The molecule has 3 atom stereocenters. The summed E-state index contributed by atoms with van der Waals surface area (Å²) in [7, 11) is 1.73. The smallest absolute Gasteiger partial charge is 0.244 e. The minimum atomic E-state index is -0.304. The van der Waals surface area contributed by atoms with Crippen LogP contribution in [0.3, 0.4) is 0 Å². The highest BCUT2D eigenvalue weighted by Gasteiger charge is 2.45. The van der Waals surface area contributed by atoms with Crippen LogP contribution in [0.5, 0.6) is 0 Å². The summed E-state index contributed by atoms with van der Waals surface area (Å²) in [6.07, 6.45) is 1.31. The Morgan fingerprint density at radius 1 is 1.60 bits per heavy atom. The largest absolute Gasteiger partial charge is 0.356 e. The SMILES string of the molecule is CNC1COC2CCC(C(C)=O)N2C1=O.[HH]. The van der Waals surface area contributed by atoms with Gasteiger partial charge in [0.2, 0.25) is 5.91 Å². The van der Waals surface area contributed by atoms with E-state index in [4.69, 9.17) is 4.74 Å². The Kier molecular flexibility index (Phi) is 2.75. The molecule has 0 radical (unpaired) electrons. The van der Waals surface area contributed by atoms with Crippen molar-refractivity contribution in [2.75, 3.05) is 13.7 Å². The van der Waals surface area contributed by atoms with Crippen LogP contribution in [-0.4, -0.2) is 48.6 Å². The predicted octanol–water partition coefficient (Wildman–Crippen LogP) is -0.243. The van der Waals surface area contributed by atoms with Gasteiger partial charge in [-0.05, 0) is 26.8 Å². The standard InChI is InChI=1S/C10H16N2O3.H2/c1-6(13)8-3-4-9-12(8)10(14)7(11-2)5-15-9;/h7-9,11H,3-5H2,1-2H3;1H. The first-order chi connectivity index (χ1) is 7.15. The van der Waals surface area contributed by atoms with Gasteiger partial charge in [0.25, 0.3) is 0 Å². The summed E-state index contributed by atoms with van der Waals surface area (Å²) in [5.74, 6) is 0.0395. The second-order valence-corrected chi connectivity index (χ2v) is 4.08. The van der Waals surface area contributed by atoms with Crippen LogP contribution in [0, 0.1) is 0 Å². The molecule has 2 heterocycles. The molecular weight excluding hydrogens is 196 g/mol. The molecule has 3 unspecified atom stereocenters. The van der Waals surface area contributed by atoms with Crippen LogP contribution in [0.25, 0.3) is 0 Å². The van der Waals surface area contributed by atoms with E-state index in [2.05, 4.69) is 5.32 Å². The van der Waals surface area contributed by atoms with Gasteiger partial charge in [-0.25, -0.2) is 0 Å². The first kappa shape index (κ1) is 10.6.